The fourth-order valence-corrected chi connectivity index (χ4v) is 3.20. The van der Waals surface area contributed by atoms with Crippen LogP contribution in [0.2, 0.25) is 0 Å². The standard InChI is InChI=1S/C20H21N3O2S/c1-2-3-5-13-18-22-23-20(26-18)21-19(24)15-9-8-12-17(14-15)25-16-10-6-4-7-11-16/h4,6-12,14H,2-3,5,13H2,1H3,(H,21,23,24). The van der Waals surface area contributed by atoms with E-state index in [1.807, 2.05) is 36.4 Å². The normalized spacial score (nSPS) is 10.5. The van der Waals surface area contributed by atoms with Crippen molar-refractivity contribution in [2.24, 2.45) is 0 Å². The molecule has 0 radical (unpaired) electrons. The number of unbranched alkanes of at least 4 members (excludes halogenated alkanes) is 2. The summed E-state index contributed by atoms with van der Waals surface area (Å²) in [5.41, 5.74) is 0.515. The van der Waals surface area contributed by atoms with Crippen LogP contribution in [-0.2, 0) is 6.42 Å². The molecule has 0 unspecified atom stereocenters. The van der Waals surface area contributed by atoms with Gasteiger partial charge in [0, 0.05) is 12.0 Å². The number of hydrogen-bond donors (Lipinski definition) is 1. The predicted molar refractivity (Wildman–Crippen MR) is 104 cm³/mol. The Morgan fingerprint density at radius 2 is 1.85 bits per heavy atom. The predicted octanol–water partition coefficient (Wildman–Crippen LogP) is 5.32. The highest BCUT2D eigenvalue weighted by molar-refractivity contribution is 7.15. The number of nitrogens with one attached hydrogen (secondary N) is 1. The molecule has 0 saturated carbocycles. The van der Waals surface area contributed by atoms with Crippen molar-refractivity contribution in [2.75, 3.05) is 5.32 Å². The van der Waals surface area contributed by atoms with Crippen molar-refractivity contribution in [3.8, 4) is 11.5 Å². The first-order valence-corrected chi connectivity index (χ1v) is 9.53. The molecule has 6 heteroatoms. The zero-order valence-corrected chi connectivity index (χ0v) is 15.5. The van der Waals surface area contributed by atoms with Crippen molar-refractivity contribution in [3.63, 3.8) is 0 Å². The van der Waals surface area contributed by atoms with Crippen LogP contribution in [-0.4, -0.2) is 16.1 Å². The van der Waals surface area contributed by atoms with Gasteiger partial charge in [0.2, 0.25) is 5.13 Å². The van der Waals surface area contributed by atoms with Crippen LogP contribution in [0.15, 0.2) is 54.6 Å². The van der Waals surface area contributed by atoms with Crippen molar-refractivity contribution >= 4 is 22.4 Å². The summed E-state index contributed by atoms with van der Waals surface area (Å²) in [6.45, 7) is 2.17. The second kappa shape index (κ2) is 9.10. The van der Waals surface area contributed by atoms with E-state index < -0.39 is 0 Å². The molecular formula is C20H21N3O2S. The molecule has 3 rings (SSSR count). The minimum Gasteiger partial charge on any atom is -0.457 e. The van der Waals surface area contributed by atoms with Crippen molar-refractivity contribution in [1.82, 2.24) is 10.2 Å². The third kappa shape index (κ3) is 5.13. The Morgan fingerprint density at radius 3 is 2.65 bits per heavy atom. The van der Waals surface area contributed by atoms with Gasteiger partial charge < -0.3 is 4.74 Å². The average molecular weight is 367 g/mol. The van der Waals surface area contributed by atoms with Crippen LogP contribution in [0.25, 0.3) is 0 Å². The lowest BCUT2D eigenvalue weighted by molar-refractivity contribution is 0.102. The van der Waals surface area contributed by atoms with Crippen LogP contribution < -0.4 is 10.1 Å². The summed E-state index contributed by atoms with van der Waals surface area (Å²) < 4.78 is 5.77. The van der Waals surface area contributed by atoms with E-state index in [1.165, 1.54) is 24.2 Å². The number of aryl methyl sites for hydroxylation is 1. The number of anilines is 1. The molecule has 3 aromatic rings. The Bertz CT molecular complexity index is 849. The van der Waals surface area contributed by atoms with Gasteiger partial charge in [-0.1, -0.05) is 55.4 Å². The summed E-state index contributed by atoms with van der Waals surface area (Å²) in [7, 11) is 0. The number of amides is 1. The summed E-state index contributed by atoms with van der Waals surface area (Å²) in [5.74, 6) is 1.12. The lowest BCUT2D eigenvalue weighted by atomic mass is 10.2. The van der Waals surface area contributed by atoms with E-state index in [1.54, 1.807) is 18.2 Å². The lowest BCUT2D eigenvalue weighted by Crippen LogP contribution is -2.11. The van der Waals surface area contributed by atoms with E-state index in [2.05, 4.69) is 22.4 Å². The maximum absolute atomic E-state index is 12.5. The van der Waals surface area contributed by atoms with E-state index in [0.717, 1.165) is 23.6 Å². The Kier molecular flexibility index (Phi) is 6.33. The Labute approximate surface area is 157 Å². The molecule has 26 heavy (non-hydrogen) atoms. The molecule has 0 bridgehead atoms. The third-order valence-electron chi connectivity index (χ3n) is 3.76. The van der Waals surface area contributed by atoms with Crippen molar-refractivity contribution in [2.45, 2.75) is 32.6 Å². The summed E-state index contributed by atoms with van der Waals surface area (Å²) in [6, 6.07) is 16.5. The summed E-state index contributed by atoms with van der Waals surface area (Å²) >= 11 is 1.43. The number of nitrogens with zero attached hydrogens (tertiary/aromatic N) is 2. The van der Waals surface area contributed by atoms with E-state index in [4.69, 9.17) is 4.74 Å². The topological polar surface area (TPSA) is 64.1 Å². The number of rotatable bonds is 8. The molecule has 0 aliphatic rings. The number of benzene rings is 2. The highest BCUT2D eigenvalue weighted by Gasteiger charge is 2.11. The minimum absolute atomic E-state index is 0.222. The van der Waals surface area contributed by atoms with Crippen LogP contribution in [0.5, 0.6) is 11.5 Å². The van der Waals surface area contributed by atoms with Crippen LogP contribution in [0.3, 0.4) is 0 Å². The highest BCUT2D eigenvalue weighted by atomic mass is 32.1. The fourth-order valence-electron chi connectivity index (χ4n) is 2.43. The maximum atomic E-state index is 12.5. The third-order valence-corrected chi connectivity index (χ3v) is 4.66. The smallest absolute Gasteiger partial charge is 0.257 e. The quantitative estimate of drug-likeness (QED) is 0.548. The first-order valence-electron chi connectivity index (χ1n) is 8.71. The molecule has 1 N–H and O–H groups in total. The van der Waals surface area contributed by atoms with Crippen LogP contribution >= 0.6 is 11.3 Å². The molecule has 1 aromatic heterocycles. The van der Waals surface area contributed by atoms with Gasteiger partial charge in [0.1, 0.15) is 16.5 Å². The van der Waals surface area contributed by atoms with Crippen molar-refractivity contribution < 1.29 is 9.53 Å². The van der Waals surface area contributed by atoms with E-state index in [-0.39, 0.29) is 5.91 Å². The summed E-state index contributed by atoms with van der Waals surface area (Å²) in [5, 5.41) is 12.5. The van der Waals surface area contributed by atoms with E-state index >= 15 is 0 Å². The van der Waals surface area contributed by atoms with Gasteiger partial charge >= 0.3 is 0 Å². The molecule has 0 aliphatic heterocycles. The molecule has 2 aromatic carbocycles. The van der Waals surface area contributed by atoms with Gasteiger partial charge in [0.05, 0.1) is 0 Å². The zero-order valence-electron chi connectivity index (χ0n) is 14.6. The van der Waals surface area contributed by atoms with Crippen LogP contribution in [0.4, 0.5) is 5.13 Å². The molecule has 1 heterocycles. The number of ether oxygens (including phenoxy) is 1. The highest BCUT2D eigenvalue weighted by Crippen LogP contribution is 2.23. The molecule has 0 saturated heterocycles. The van der Waals surface area contributed by atoms with Gasteiger partial charge in [0.15, 0.2) is 0 Å². The molecule has 0 atom stereocenters. The number of hydrogen-bond acceptors (Lipinski definition) is 5. The van der Waals surface area contributed by atoms with Gasteiger partial charge in [-0.05, 0) is 36.8 Å². The molecule has 134 valence electrons. The van der Waals surface area contributed by atoms with E-state index in [0.29, 0.717) is 16.4 Å². The molecular weight excluding hydrogens is 346 g/mol. The molecule has 0 aliphatic carbocycles. The number of aromatic nitrogens is 2. The van der Waals surface area contributed by atoms with Gasteiger partial charge in [-0.3, -0.25) is 10.1 Å². The van der Waals surface area contributed by atoms with E-state index in [9.17, 15) is 4.79 Å². The van der Waals surface area contributed by atoms with Gasteiger partial charge in [-0.2, -0.15) is 0 Å². The van der Waals surface area contributed by atoms with Gasteiger partial charge in [0.25, 0.3) is 5.91 Å². The number of para-hydroxylation sites is 1. The second-order valence-corrected chi connectivity index (χ2v) is 6.92. The molecule has 1 amide bonds. The lowest BCUT2D eigenvalue weighted by Gasteiger charge is -2.07. The molecule has 0 spiro atoms. The van der Waals surface area contributed by atoms with Crippen molar-refractivity contribution in [3.05, 3.63) is 65.2 Å². The average Bonchev–Trinajstić information content (AvgIpc) is 3.10. The molecule has 5 nitrogen and oxygen atoms in total. The fraction of sp³-hybridized carbons (Fsp3) is 0.250. The van der Waals surface area contributed by atoms with Crippen LogP contribution in [0, 0.1) is 0 Å². The summed E-state index contributed by atoms with van der Waals surface area (Å²) in [4.78, 5) is 12.5. The first-order chi connectivity index (χ1) is 12.7. The van der Waals surface area contributed by atoms with Gasteiger partial charge in [-0.15, -0.1) is 10.2 Å². The first kappa shape index (κ1) is 18.1. The largest absolute Gasteiger partial charge is 0.457 e. The Hall–Kier alpha value is -2.73. The Balaban J connectivity index is 1.62. The second-order valence-electron chi connectivity index (χ2n) is 5.86. The van der Waals surface area contributed by atoms with Gasteiger partial charge in [-0.25, -0.2) is 0 Å². The SMILES string of the molecule is CCCCCc1nnc(NC(=O)c2cccc(Oc3ccccc3)c2)s1. The Morgan fingerprint density at radius 1 is 1.04 bits per heavy atom. The monoisotopic (exact) mass is 367 g/mol. The van der Waals surface area contributed by atoms with Crippen LogP contribution in [0.1, 0.15) is 41.6 Å². The molecule has 0 fully saturated rings. The summed E-state index contributed by atoms with van der Waals surface area (Å²) in [6.07, 6.45) is 4.35. The number of carbonyl (C=O) groups is 1. The minimum atomic E-state index is -0.222. The zero-order chi connectivity index (χ0) is 18.2. The van der Waals surface area contributed by atoms with Crippen molar-refractivity contribution in [1.29, 1.82) is 0 Å². The number of carbonyl (C=O) groups excluding carboxylic acids is 1. The maximum Gasteiger partial charge on any atom is 0.257 e.